The van der Waals surface area contributed by atoms with Crippen LogP contribution in [0.4, 0.5) is 0 Å². The molecular formula is C29H29NO5. The van der Waals surface area contributed by atoms with Gasteiger partial charge in [-0.3, -0.25) is 9.59 Å². The van der Waals surface area contributed by atoms with Crippen molar-refractivity contribution in [2.45, 2.75) is 33.4 Å². The number of hydrogen-bond donors (Lipinski definition) is 1. The molecule has 35 heavy (non-hydrogen) atoms. The van der Waals surface area contributed by atoms with Crippen LogP contribution < -0.4 is 9.47 Å². The molecule has 6 nitrogen and oxygen atoms in total. The molecule has 1 amide bonds. The number of ketones is 1. The van der Waals surface area contributed by atoms with Crippen LogP contribution in [0.1, 0.15) is 40.8 Å². The van der Waals surface area contributed by atoms with Gasteiger partial charge in [0.25, 0.3) is 11.7 Å². The number of Topliss-reactive ketones (excluding diaryl/α,β-unsaturated/α-hetero) is 1. The smallest absolute Gasteiger partial charge is 0.295 e. The average Bonchev–Trinajstić information content (AvgIpc) is 3.11. The van der Waals surface area contributed by atoms with Gasteiger partial charge in [-0.15, -0.1) is 0 Å². The monoisotopic (exact) mass is 471 g/mol. The van der Waals surface area contributed by atoms with Gasteiger partial charge < -0.3 is 19.5 Å². The third-order valence-corrected chi connectivity index (χ3v) is 6.34. The SMILES string of the molecule is CCOc1cccc(C2/C(=C(/O)c3ccc(C)c(C)c3)C(=O)C(=O)N2Cc2ccccc2OC)c1. The average molecular weight is 472 g/mol. The fourth-order valence-corrected chi connectivity index (χ4v) is 4.39. The van der Waals surface area contributed by atoms with Crippen LogP contribution in [-0.4, -0.2) is 35.4 Å². The summed E-state index contributed by atoms with van der Waals surface area (Å²) in [4.78, 5) is 28.2. The third-order valence-electron chi connectivity index (χ3n) is 6.34. The van der Waals surface area contributed by atoms with E-state index in [1.165, 1.54) is 4.90 Å². The molecule has 1 atom stereocenters. The minimum Gasteiger partial charge on any atom is -0.507 e. The van der Waals surface area contributed by atoms with Crippen molar-refractivity contribution >= 4 is 17.4 Å². The van der Waals surface area contributed by atoms with Crippen molar-refractivity contribution in [1.82, 2.24) is 4.90 Å². The fraction of sp³-hybridized carbons (Fsp3) is 0.241. The first-order valence-electron chi connectivity index (χ1n) is 11.6. The number of carbonyl (C=O) groups excluding carboxylic acids is 2. The Morgan fingerprint density at radius 2 is 1.74 bits per heavy atom. The van der Waals surface area contributed by atoms with E-state index in [1.807, 2.05) is 81.4 Å². The summed E-state index contributed by atoms with van der Waals surface area (Å²) >= 11 is 0. The van der Waals surface area contributed by atoms with Gasteiger partial charge in [-0.2, -0.15) is 0 Å². The van der Waals surface area contributed by atoms with Gasteiger partial charge in [0.2, 0.25) is 0 Å². The molecule has 0 saturated carbocycles. The molecule has 1 fully saturated rings. The quantitative estimate of drug-likeness (QED) is 0.286. The Morgan fingerprint density at radius 3 is 2.46 bits per heavy atom. The van der Waals surface area contributed by atoms with E-state index in [4.69, 9.17) is 9.47 Å². The Labute approximate surface area is 205 Å². The van der Waals surface area contributed by atoms with E-state index >= 15 is 0 Å². The van der Waals surface area contributed by atoms with E-state index in [0.29, 0.717) is 29.2 Å². The highest BCUT2D eigenvalue weighted by atomic mass is 16.5. The fourth-order valence-electron chi connectivity index (χ4n) is 4.39. The van der Waals surface area contributed by atoms with E-state index in [-0.39, 0.29) is 17.9 Å². The predicted octanol–water partition coefficient (Wildman–Crippen LogP) is 5.33. The second-order valence-electron chi connectivity index (χ2n) is 8.54. The van der Waals surface area contributed by atoms with E-state index in [9.17, 15) is 14.7 Å². The molecule has 1 heterocycles. The number of methoxy groups -OCH3 is 1. The normalized spacial score (nSPS) is 17.0. The van der Waals surface area contributed by atoms with Crippen molar-refractivity contribution in [3.05, 3.63) is 100 Å². The molecule has 3 aromatic rings. The maximum absolute atomic E-state index is 13.3. The summed E-state index contributed by atoms with van der Waals surface area (Å²) in [7, 11) is 1.57. The number of para-hydroxylation sites is 1. The van der Waals surface area contributed by atoms with Gasteiger partial charge in [0.1, 0.15) is 17.3 Å². The lowest BCUT2D eigenvalue weighted by Crippen LogP contribution is -2.29. The van der Waals surface area contributed by atoms with E-state index < -0.39 is 17.7 Å². The van der Waals surface area contributed by atoms with Crippen molar-refractivity contribution < 1.29 is 24.2 Å². The van der Waals surface area contributed by atoms with Gasteiger partial charge in [0, 0.05) is 11.1 Å². The second kappa shape index (κ2) is 10.1. The first-order valence-corrected chi connectivity index (χ1v) is 11.6. The second-order valence-corrected chi connectivity index (χ2v) is 8.54. The van der Waals surface area contributed by atoms with E-state index in [1.54, 1.807) is 13.2 Å². The summed E-state index contributed by atoms with van der Waals surface area (Å²) in [6.07, 6.45) is 0. The molecule has 1 aliphatic rings. The first-order chi connectivity index (χ1) is 16.8. The first kappa shape index (κ1) is 24.1. The lowest BCUT2D eigenvalue weighted by molar-refractivity contribution is -0.140. The maximum Gasteiger partial charge on any atom is 0.295 e. The molecule has 1 saturated heterocycles. The molecule has 3 aromatic carbocycles. The zero-order valence-corrected chi connectivity index (χ0v) is 20.4. The molecular weight excluding hydrogens is 442 g/mol. The predicted molar refractivity (Wildman–Crippen MR) is 134 cm³/mol. The summed E-state index contributed by atoms with van der Waals surface area (Å²) in [5.41, 5.74) is 4.03. The Hall–Kier alpha value is -4.06. The summed E-state index contributed by atoms with van der Waals surface area (Å²) in [5.74, 6) is -0.347. The summed E-state index contributed by atoms with van der Waals surface area (Å²) in [6.45, 7) is 6.43. The number of aliphatic hydroxyl groups is 1. The van der Waals surface area contributed by atoms with Gasteiger partial charge in [-0.25, -0.2) is 0 Å². The van der Waals surface area contributed by atoms with Crippen LogP contribution in [-0.2, 0) is 16.1 Å². The number of aryl methyl sites for hydroxylation is 2. The van der Waals surface area contributed by atoms with Crippen LogP contribution >= 0.6 is 0 Å². The summed E-state index contributed by atoms with van der Waals surface area (Å²) in [5, 5.41) is 11.3. The molecule has 4 rings (SSSR count). The van der Waals surface area contributed by atoms with Crippen molar-refractivity contribution in [3.8, 4) is 11.5 Å². The van der Waals surface area contributed by atoms with Crippen molar-refractivity contribution in [1.29, 1.82) is 0 Å². The van der Waals surface area contributed by atoms with Crippen LogP contribution in [0.2, 0.25) is 0 Å². The highest BCUT2D eigenvalue weighted by Crippen LogP contribution is 2.41. The van der Waals surface area contributed by atoms with Crippen molar-refractivity contribution in [2.24, 2.45) is 0 Å². The van der Waals surface area contributed by atoms with Crippen LogP contribution in [0.5, 0.6) is 11.5 Å². The zero-order valence-electron chi connectivity index (χ0n) is 20.4. The van der Waals surface area contributed by atoms with Crippen LogP contribution in [0, 0.1) is 13.8 Å². The van der Waals surface area contributed by atoms with Crippen LogP contribution in [0.25, 0.3) is 5.76 Å². The third kappa shape index (κ3) is 4.64. The molecule has 1 unspecified atom stereocenters. The number of benzene rings is 3. The van der Waals surface area contributed by atoms with E-state index in [0.717, 1.165) is 16.7 Å². The summed E-state index contributed by atoms with van der Waals surface area (Å²) in [6, 6.07) is 19.3. The molecule has 1 aliphatic heterocycles. The molecule has 0 aromatic heterocycles. The van der Waals surface area contributed by atoms with Gasteiger partial charge in [0.15, 0.2) is 0 Å². The Bertz CT molecular complexity index is 1310. The summed E-state index contributed by atoms with van der Waals surface area (Å²) < 4.78 is 11.1. The highest BCUT2D eigenvalue weighted by Gasteiger charge is 2.46. The van der Waals surface area contributed by atoms with Gasteiger partial charge >= 0.3 is 0 Å². The molecule has 0 spiro atoms. The number of rotatable bonds is 7. The lowest BCUT2D eigenvalue weighted by atomic mass is 9.94. The topological polar surface area (TPSA) is 76.1 Å². The molecule has 0 aliphatic carbocycles. The van der Waals surface area contributed by atoms with Gasteiger partial charge in [0.05, 0.1) is 31.9 Å². The Balaban J connectivity index is 1.89. The molecule has 6 heteroatoms. The molecule has 1 N–H and O–H groups in total. The molecule has 180 valence electrons. The van der Waals surface area contributed by atoms with Crippen molar-refractivity contribution in [3.63, 3.8) is 0 Å². The number of likely N-dealkylation sites (tertiary alicyclic amines) is 1. The number of carbonyl (C=O) groups is 2. The molecule has 0 bridgehead atoms. The largest absolute Gasteiger partial charge is 0.507 e. The number of hydrogen-bond acceptors (Lipinski definition) is 5. The number of ether oxygens (including phenoxy) is 2. The highest BCUT2D eigenvalue weighted by molar-refractivity contribution is 6.46. The standard InChI is InChI=1S/C29H29NO5/c1-5-35-23-11-8-10-20(16-23)26-25(27(31)21-14-13-18(2)19(3)15-21)28(32)29(33)30(26)17-22-9-6-7-12-24(22)34-4/h6-16,26,31H,5,17H2,1-4H3/b27-25-. The van der Waals surface area contributed by atoms with Crippen molar-refractivity contribution in [2.75, 3.05) is 13.7 Å². The lowest BCUT2D eigenvalue weighted by Gasteiger charge is -2.26. The minimum absolute atomic E-state index is 0.0572. The Morgan fingerprint density at radius 1 is 0.971 bits per heavy atom. The number of nitrogens with zero attached hydrogens (tertiary/aromatic N) is 1. The zero-order chi connectivity index (χ0) is 25.1. The number of amides is 1. The minimum atomic E-state index is -0.790. The molecule has 0 radical (unpaired) electrons. The van der Waals surface area contributed by atoms with Gasteiger partial charge in [-0.1, -0.05) is 42.5 Å². The van der Waals surface area contributed by atoms with Gasteiger partial charge in [-0.05, 0) is 61.7 Å². The number of aliphatic hydroxyl groups excluding tert-OH is 1. The van der Waals surface area contributed by atoms with Crippen LogP contribution in [0.15, 0.2) is 72.3 Å². The maximum atomic E-state index is 13.3. The van der Waals surface area contributed by atoms with E-state index in [2.05, 4.69) is 0 Å². The Kier molecular flexibility index (Phi) is 6.92. The van der Waals surface area contributed by atoms with Crippen LogP contribution in [0.3, 0.4) is 0 Å².